The van der Waals surface area contributed by atoms with E-state index < -0.39 is 0 Å². The molecule has 0 atom stereocenters. The highest BCUT2D eigenvalue weighted by Gasteiger charge is 2.22. The first-order valence-corrected chi connectivity index (χ1v) is 8.15. The molecule has 1 amide bonds. The van der Waals surface area contributed by atoms with Crippen LogP contribution in [-0.2, 0) is 11.2 Å². The molecular weight excluding hydrogens is 422 g/mol. The molecule has 1 saturated carbocycles. The average molecular weight is 448 g/mol. The number of guanidine groups is 1. The number of aryl methyl sites for hydroxylation is 1. The van der Waals surface area contributed by atoms with Gasteiger partial charge in [-0.3, -0.25) is 4.79 Å². The second kappa shape index (κ2) is 10.5. The lowest BCUT2D eigenvalue weighted by Crippen LogP contribution is -2.39. The second-order valence-corrected chi connectivity index (χ2v) is 5.78. The van der Waals surface area contributed by atoms with Crippen LogP contribution in [0.3, 0.4) is 0 Å². The molecule has 0 saturated heterocycles. The first-order chi connectivity index (χ1) is 11.1. The molecule has 1 fully saturated rings. The van der Waals surface area contributed by atoms with Crippen molar-refractivity contribution in [1.82, 2.24) is 16.0 Å². The zero-order chi connectivity index (χ0) is 16.7. The van der Waals surface area contributed by atoms with Gasteiger partial charge in [-0.2, -0.15) is 0 Å². The van der Waals surface area contributed by atoms with Gasteiger partial charge in [0.05, 0.1) is 0 Å². The number of aliphatic imine (C=N–C) groups is 1. The first kappa shape index (κ1) is 20.7. The number of carbonyl (C=O) groups is 1. The Kier molecular flexibility index (Phi) is 9.02. The molecule has 2 rings (SSSR count). The molecule has 1 aromatic rings. The molecule has 0 heterocycles. The third kappa shape index (κ3) is 7.46. The zero-order valence-electron chi connectivity index (χ0n) is 14.2. The first-order valence-electron chi connectivity index (χ1n) is 8.15. The summed E-state index contributed by atoms with van der Waals surface area (Å²) in [6.45, 7) is 5.40. The van der Waals surface area contributed by atoms with Gasteiger partial charge < -0.3 is 16.0 Å². The predicted octanol–water partition coefficient (Wildman–Crippen LogP) is 2.13. The van der Waals surface area contributed by atoms with Gasteiger partial charge >= 0.3 is 0 Å². The van der Waals surface area contributed by atoms with Gasteiger partial charge in [0.25, 0.3) is 0 Å². The fourth-order valence-corrected chi connectivity index (χ4v) is 2.25. The predicted molar refractivity (Wildman–Crippen MR) is 105 cm³/mol. The second-order valence-electron chi connectivity index (χ2n) is 5.78. The Hall–Kier alpha value is -1.38. The van der Waals surface area contributed by atoms with E-state index in [9.17, 15) is 9.18 Å². The maximum absolute atomic E-state index is 13.1. The summed E-state index contributed by atoms with van der Waals surface area (Å²) in [6, 6.07) is 5.18. The highest BCUT2D eigenvalue weighted by Crippen LogP contribution is 2.18. The summed E-state index contributed by atoms with van der Waals surface area (Å²) in [5.41, 5.74) is 2.04. The fourth-order valence-electron chi connectivity index (χ4n) is 2.25. The van der Waals surface area contributed by atoms with Crippen LogP contribution in [0.25, 0.3) is 0 Å². The van der Waals surface area contributed by atoms with E-state index in [1.807, 2.05) is 13.8 Å². The Balaban J connectivity index is 0.00000288. The molecule has 1 aliphatic carbocycles. The van der Waals surface area contributed by atoms with Gasteiger partial charge in [-0.1, -0.05) is 6.07 Å². The number of hydrogen-bond donors (Lipinski definition) is 3. The van der Waals surface area contributed by atoms with Crippen LogP contribution < -0.4 is 16.0 Å². The number of halogens is 2. The van der Waals surface area contributed by atoms with Crippen molar-refractivity contribution in [3.8, 4) is 0 Å². The summed E-state index contributed by atoms with van der Waals surface area (Å²) >= 11 is 0. The summed E-state index contributed by atoms with van der Waals surface area (Å²) in [6.07, 6.45) is 2.92. The van der Waals surface area contributed by atoms with E-state index in [0.29, 0.717) is 18.5 Å². The monoisotopic (exact) mass is 448 g/mol. The molecule has 0 radical (unpaired) electrons. The van der Waals surface area contributed by atoms with E-state index in [1.165, 1.54) is 12.1 Å². The van der Waals surface area contributed by atoms with Crippen molar-refractivity contribution in [2.75, 3.05) is 19.6 Å². The number of hydrogen-bond acceptors (Lipinski definition) is 2. The zero-order valence-corrected chi connectivity index (χ0v) is 16.5. The minimum Gasteiger partial charge on any atom is -0.357 e. The molecule has 0 bridgehead atoms. The molecule has 0 aromatic heterocycles. The summed E-state index contributed by atoms with van der Waals surface area (Å²) in [5, 5.41) is 9.23. The lowest BCUT2D eigenvalue weighted by Gasteiger charge is -2.12. The third-order valence-electron chi connectivity index (χ3n) is 3.66. The maximum atomic E-state index is 13.1. The summed E-state index contributed by atoms with van der Waals surface area (Å²) in [5.74, 6) is 0.369. The number of nitrogens with one attached hydrogen (secondary N) is 3. The van der Waals surface area contributed by atoms with Gasteiger partial charge in [0.1, 0.15) is 12.4 Å². The Labute approximate surface area is 159 Å². The van der Waals surface area contributed by atoms with E-state index in [4.69, 9.17) is 0 Å². The van der Waals surface area contributed by atoms with E-state index in [-0.39, 0.29) is 42.2 Å². The molecule has 1 aromatic carbocycles. The van der Waals surface area contributed by atoms with Gasteiger partial charge in [-0.25, -0.2) is 9.38 Å². The molecule has 24 heavy (non-hydrogen) atoms. The highest BCUT2D eigenvalue weighted by atomic mass is 127. The molecule has 1 aliphatic rings. The number of benzene rings is 1. The van der Waals surface area contributed by atoms with Crippen LogP contribution in [0.4, 0.5) is 4.39 Å². The van der Waals surface area contributed by atoms with E-state index >= 15 is 0 Å². The van der Waals surface area contributed by atoms with Crippen molar-refractivity contribution < 1.29 is 9.18 Å². The van der Waals surface area contributed by atoms with Gasteiger partial charge in [0, 0.05) is 19.1 Å². The SMILES string of the molecule is CCNC(=NCC(=O)NC1CC1)NCCc1ccc(F)cc1C.I. The van der Waals surface area contributed by atoms with Crippen molar-refractivity contribution in [2.45, 2.75) is 39.2 Å². The molecule has 0 spiro atoms. The van der Waals surface area contributed by atoms with Crippen molar-refractivity contribution in [1.29, 1.82) is 0 Å². The summed E-state index contributed by atoms with van der Waals surface area (Å²) in [7, 11) is 0. The standard InChI is InChI=1S/C17H25FN4O.HI/c1-3-19-17(21-11-16(23)22-15-6-7-15)20-9-8-13-4-5-14(18)10-12(13)2;/h4-5,10,15H,3,6-9,11H2,1-2H3,(H,22,23)(H2,19,20,21);1H. The Morgan fingerprint density at radius 1 is 1.33 bits per heavy atom. The van der Waals surface area contributed by atoms with Crippen LogP contribution >= 0.6 is 24.0 Å². The molecule has 0 unspecified atom stereocenters. The van der Waals surface area contributed by atoms with Crippen LogP contribution in [0.15, 0.2) is 23.2 Å². The molecule has 0 aliphatic heterocycles. The largest absolute Gasteiger partial charge is 0.357 e. The van der Waals surface area contributed by atoms with Gasteiger partial charge in [0.15, 0.2) is 5.96 Å². The molecule has 3 N–H and O–H groups in total. The Morgan fingerprint density at radius 3 is 2.71 bits per heavy atom. The van der Waals surface area contributed by atoms with Crippen molar-refractivity contribution in [3.05, 3.63) is 35.1 Å². The summed E-state index contributed by atoms with van der Waals surface area (Å²) in [4.78, 5) is 15.9. The van der Waals surface area contributed by atoms with Crippen molar-refractivity contribution in [2.24, 2.45) is 4.99 Å². The van der Waals surface area contributed by atoms with Crippen LogP contribution in [0, 0.1) is 12.7 Å². The maximum Gasteiger partial charge on any atom is 0.242 e. The van der Waals surface area contributed by atoms with Crippen LogP contribution in [0.2, 0.25) is 0 Å². The lowest BCUT2D eigenvalue weighted by molar-refractivity contribution is -0.119. The van der Waals surface area contributed by atoms with Crippen LogP contribution in [-0.4, -0.2) is 37.5 Å². The van der Waals surface area contributed by atoms with Crippen molar-refractivity contribution >= 4 is 35.8 Å². The van der Waals surface area contributed by atoms with Crippen LogP contribution in [0.1, 0.15) is 30.9 Å². The highest BCUT2D eigenvalue weighted by molar-refractivity contribution is 14.0. The Morgan fingerprint density at radius 2 is 2.08 bits per heavy atom. The minimum absolute atomic E-state index is 0. The fraction of sp³-hybridized carbons (Fsp3) is 0.529. The van der Waals surface area contributed by atoms with E-state index in [1.54, 1.807) is 6.07 Å². The quantitative estimate of drug-likeness (QED) is 0.340. The number of amides is 1. The topological polar surface area (TPSA) is 65.5 Å². The third-order valence-corrected chi connectivity index (χ3v) is 3.66. The molecule has 134 valence electrons. The smallest absolute Gasteiger partial charge is 0.242 e. The lowest BCUT2D eigenvalue weighted by atomic mass is 10.1. The van der Waals surface area contributed by atoms with E-state index in [2.05, 4.69) is 20.9 Å². The number of carbonyl (C=O) groups excluding carboxylic acids is 1. The van der Waals surface area contributed by atoms with Gasteiger partial charge in [-0.15, -0.1) is 24.0 Å². The average Bonchev–Trinajstić information content (AvgIpc) is 3.31. The van der Waals surface area contributed by atoms with Gasteiger partial charge in [0.2, 0.25) is 5.91 Å². The number of nitrogens with zero attached hydrogens (tertiary/aromatic N) is 1. The molecule has 5 nitrogen and oxygen atoms in total. The minimum atomic E-state index is -0.212. The van der Waals surface area contributed by atoms with E-state index in [0.717, 1.165) is 36.9 Å². The Bertz CT molecular complexity index is 576. The summed E-state index contributed by atoms with van der Waals surface area (Å²) < 4.78 is 13.1. The van der Waals surface area contributed by atoms with Crippen LogP contribution in [0.5, 0.6) is 0 Å². The molecular formula is C17H26FIN4O. The normalized spacial score (nSPS) is 13.9. The van der Waals surface area contributed by atoms with Gasteiger partial charge in [-0.05, 0) is 56.4 Å². The van der Waals surface area contributed by atoms with Crippen molar-refractivity contribution in [3.63, 3.8) is 0 Å². The molecule has 7 heteroatoms. The number of rotatable bonds is 7.